The van der Waals surface area contributed by atoms with Gasteiger partial charge in [-0.15, -0.1) is 0 Å². The van der Waals surface area contributed by atoms with Crippen LogP contribution < -0.4 is 4.74 Å². The van der Waals surface area contributed by atoms with Crippen molar-refractivity contribution in [2.24, 2.45) is 0 Å². The number of pyridine rings is 1. The van der Waals surface area contributed by atoms with Gasteiger partial charge in [-0.1, -0.05) is 23.7 Å². The lowest BCUT2D eigenvalue weighted by atomic mass is 10.2. The summed E-state index contributed by atoms with van der Waals surface area (Å²) >= 11 is 5.87. The van der Waals surface area contributed by atoms with E-state index in [4.69, 9.17) is 21.6 Å². The van der Waals surface area contributed by atoms with Gasteiger partial charge in [-0.3, -0.25) is 0 Å². The fourth-order valence-electron chi connectivity index (χ4n) is 1.33. The zero-order chi connectivity index (χ0) is 13.0. The van der Waals surface area contributed by atoms with Gasteiger partial charge in [-0.05, 0) is 24.3 Å². The molecule has 0 atom stereocenters. The van der Waals surface area contributed by atoms with Crippen LogP contribution in [0.3, 0.4) is 0 Å². The fraction of sp³-hybridized carbons (Fsp3) is 0. The molecule has 0 bridgehead atoms. The molecule has 0 radical (unpaired) electrons. The molecule has 0 saturated heterocycles. The first-order valence-corrected chi connectivity index (χ1v) is 5.42. The minimum absolute atomic E-state index is 0.0232. The van der Waals surface area contributed by atoms with Crippen LogP contribution in [-0.2, 0) is 0 Å². The molecule has 0 aliphatic rings. The van der Waals surface area contributed by atoms with E-state index in [2.05, 4.69) is 4.98 Å². The summed E-state index contributed by atoms with van der Waals surface area (Å²) in [5.41, 5.74) is 0.423. The number of hydrogen-bond acceptors (Lipinski definition) is 4. The first kappa shape index (κ1) is 12.1. The second-order valence-corrected chi connectivity index (χ2v) is 3.74. The Labute approximate surface area is 108 Å². The Morgan fingerprint density at radius 2 is 2.06 bits per heavy atom. The summed E-state index contributed by atoms with van der Waals surface area (Å²) in [6.45, 7) is 0. The Bertz CT molecular complexity index is 635. The molecular formula is C13H7ClN2O2. The number of carbonyl (C=O) groups is 1. The van der Waals surface area contributed by atoms with Crippen LogP contribution in [0.15, 0.2) is 42.6 Å². The van der Waals surface area contributed by atoms with E-state index in [1.807, 2.05) is 6.07 Å². The third kappa shape index (κ3) is 2.47. The van der Waals surface area contributed by atoms with Crippen LogP contribution in [0.5, 0.6) is 5.88 Å². The standard InChI is InChI=1S/C13H7ClN2O2/c14-11-6-2-1-5-10(11)13(17)18-12-9(8-15)4-3-7-16-12/h1-7H. The topological polar surface area (TPSA) is 63.0 Å². The molecule has 0 saturated carbocycles. The molecule has 0 N–H and O–H groups in total. The lowest BCUT2D eigenvalue weighted by Crippen LogP contribution is -2.10. The van der Waals surface area contributed by atoms with Crippen molar-refractivity contribution < 1.29 is 9.53 Å². The quantitative estimate of drug-likeness (QED) is 0.777. The molecule has 18 heavy (non-hydrogen) atoms. The summed E-state index contributed by atoms with van der Waals surface area (Å²) in [7, 11) is 0. The van der Waals surface area contributed by atoms with E-state index >= 15 is 0 Å². The minimum atomic E-state index is -0.643. The van der Waals surface area contributed by atoms with E-state index in [-0.39, 0.29) is 22.0 Å². The van der Waals surface area contributed by atoms with Crippen LogP contribution in [0.4, 0.5) is 0 Å². The highest BCUT2D eigenvalue weighted by Crippen LogP contribution is 2.19. The number of carbonyl (C=O) groups excluding carboxylic acids is 1. The van der Waals surface area contributed by atoms with Crippen LogP contribution in [0.1, 0.15) is 15.9 Å². The molecule has 1 aromatic carbocycles. The van der Waals surface area contributed by atoms with Crippen molar-refractivity contribution in [1.82, 2.24) is 4.98 Å². The number of nitrogens with zero attached hydrogens (tertiary/aromatic N) is 2. The maximum atomic E-state index is 11.8. The van der Waals surface area contributed by atoms with Crippen LogP contribution in [-0.4, -0.2) is 11.0 Å². The first-order chi connectivity index (χ1) is 8.72. The van der Waals surface area contributed by atoms with Gasteiger partial charge in [-0.2, -0.15) is 5.26 Å². The van der Waals surface area contributed by atoms with Gasteiger partial charge < -0.3 is 4.74 Å². The van der Waals surface area contributed by atoms with E-state index in [1.54, 1.807) is 30.3 Å². The Hall–Kier alpha value is -2.38. The Morgan fingerprint density at radius 1 is 1.28 bits per heavy atom. The first-order valence-electron chi connectivity index (χ1n) is 5.04. The number of ether oxygens (including phenoxy) is 1. The van der Waals surface area contributed by atoms with Crippen molar-refractivity contribution in [3.05, 3.63) is 58.7 Å². The maximum Gasteiger partial charge on any atom is 0.346 e. The van der Waals surface area contributed by atoms with E-state index in [9.17, 15) is 4.79 Å². The molecule has 0 aliphatic carbocycles. The molecule has 0 amide bonds. The van der Waals surface area contributed by atoms with E-state index in [0.717, 1.165) is 0 Å². The van der Waals surface area contributed by atoms with E-state index < -0.39 is 5.97 Å². The third-order valence-corrected chi connectivity index (χ3v) is 2.50. The summed E-state index contributed by atoms with van der Waals surface area (Å²) in [5.74, 6) is -0.666. The molecule has 0 spiro atoms. The van der Waals surface area contributed by atoms with Crippen molar-refractivity contribution in [3.63, 3.8) is 0 Å². The lowest BCUT2D eigenvalue weighted by molar-refractivity contribution is 0.0727. The molecule has 4 nitrogen and oxygen atoms in total. The van der Waals surface area contributed by atoms with Crippen LogP contribution in [0, 0.1) is 11.3 Å². The number of rotatable bonds is 2. The molecule has 1 aromatic heterocycles. The number of benzene rings is 1. The van der Waals surface area contributed by atoms with E-state index in [1.165, 1.54) is 12.3 Å². The fourth-order valence-corrected chi connectivity index (χ4v) is 1.54. The number of nitriles is 1. The molecule has 88 valence electrons. The highest BCUT2D eigenvalue weighted by Gasteiger charge is 2.14. The average molecular weight is 259 g/mol. The number of esters is 1. The predicted octanol–water partition coefficient (Wildman–Crippen LogP) is 2.83. The van der Waals surface area contributed by atoms with Crippen molar-refractivity contribution >= 4 is 17.6 Å². The Morgan fingerprint density at radius 3 is 2.78 bits per heavy atom. The molecule has 1 heterocycles. The summed E-state index contributed by atoms with van der Waals surface area (Å²) < 4.78 is 5.05. The number of hydrogen-bond donors (Lipinski definition) is 0. The minimum Gasteiger partial charge on any atom is -0.402 e. The largest absolute Gasteiger partial charge is 0.402 e. The van der Waals surface area contributed by atoms with Gasteiger partial charge in [0.15, 0.2) is 0 Å². The molecule has 0 fully saturated rings. The molecule has 2 aromatic rings. The van der Waals surface area contributed by atoms with Gasteiger partial charge in [0, 0.05) is 6.20 Å². The van der Waals surface area contributed by atoms with Gasteiger partial charge in [0.1, 0.15) is 11.6 Å². The molecular weight excluding hydrogens is 252 g/mol. The van der Waals surface area contributed by atoms with Crippen LogP contribution >= 0.6 is 11.6 Å². The zero-order valence-corrected chi connectivity index (χ0v) is 9.89. The SMILES string of the molecule is N#Cc1cccnc1OC(=O)c1ccccc1Cl. The summed E-state index contributed by atoms with van der Waals surface area (Å²) in [5, 5.41) is 9.14. The van der Waals surface area contributed by atoms with Crippen LogP contribution in [0.2, 0.25) is 5.02 Å². The van der Waals surface area contributed by atoms with Gasteiger partial charge in [0.25, 0.3) is 0 Å². The monoisotopic (exact) mass is 258 g/mol. The average Bonchev–Trinajstić information content (AvgIpc) is 2.39. The van der Waals surface area contributed by atoms with E-state index in [0.29, 0.717) is 0 Å². The van der Waals surface area contributed by atoms with Crippen molar-refractivity contribution in [3.8, 4) is 11.9 Å². The summed E-state index contributed by atoms with van der Waals surface area (Å²) in [6, 6.07) is 11.5. The smallest absolute Gasteiger partial charge is 0.346 e. The van der Waals surface area contributed by atoms with Crippen LogP contribution in [0.25, 0.3) is 0 Å². The van der Waals surface area contributed by atoms with Crippen molar-refractivity contribution in [2.75, 3.05) is 0 Å². The highest BCUT2D eigenvalue weighted by molar-refractivity contribution is 6.33. The maximum absolute atomic E-state index is 11.8. The third-order valence-electron chi connectivity index (χ3n) is 2.17. The number of aromatic nitrogens is 1. The van der Waals surface area contributed by atoms with Gasteiger partial charge in [0.05, 0.1) is 10.6 Å². The van der Waals surface area contributed by atoms with Crippen molar-refractivity contribution in [2.45, 2.75) is 0 Å². The second kappa shape index (κ2) is 5.30. The van der Waals surface area contributed by atoms with Gasteiger partial charge in [-0.25, -0.2) is 9.78 Å². The Balaban J connectivity index is 2.28. The molecule has 2 rings (SSSR count). The summed E-state index contributed by atoms with van der Waals surface area (Å²) in [4.78, 5) is 15.7. The molecule has 0 aliphatic heterocycles. The normalized spacial score (nSPS) is 9.56. The zero-order valence-electron chi connectivity index (χ0n) is 9.13. The summed E-state index contributed by atoms with van der Waals surface area (Å²) in [6.07, 6.45) is 1.44. The van der Waals surface area contributed by atoms with Gasteiger partial charge in [0.2, 0.25) is 5.88 Å². The van der Waals surface area contributed by atoms with Gasteiger partial charge >= 0.3 is 5.97 Å². The highest BCUT2D eigenvalue weighted by atomic mass is 35.5. The molecule has 5 heteroatoms. The Kier molecular flexibility index (Phi) is 3.56. The predicted molar refractivity (Wildman–Crippen MR) is 65.4 cm³/mol. The van der Waals surface area contributed by atoms with Crippen molar-refractivity contribution in [1.29, 1.82) is 5.26 Å². The lowest BCUT2D eigenvalue weighted by Gasteiger charge is -2.05. The molecule has 0 unspecified atom stereocenters. The number of halogens is 1. The second-order valence-electron chi connectivity index (χ2n) is 3.34.